The number of halogens is 3. The van der Waals surface area contributed by atoms with Crippen LogP contribution in [0.25, 0.3) is 11.4 Å². The van der Waals surface area contributed by atoms with Crippen molar-refractivity contribution < 1.29 is 18.0 Å². The van der Waals surface area contributed by atoms with E-state index in [9.17, 15) is 18.0 Å². The van der Waals surface area contributed by atoms with Crippen LogP contribution in [0.4, 0.5) is 24.7 Å². The molecule has 38 heavy (non-hydrogen) atoms. The van der Waals surface area contributed by atoms with Gasteiger partial charge in [0.1, 0.15) is 11.5 Å². The Bertz CT molecular complexity index is 1470. The van der Waals surface area contributed by atoms with Crippen LogP contribution in [-0.2, 0) is 12.7 Å². The number of benzene rings is 1. The first-order chi connectivity index (χ1) is 18.3. The summed E-state index contributed by atoms with van der Waals surface area (Å²) < 4.78 is 45.3. The first-order valence-electron chi connectivity index (χ1n) is 12.1. The van der Waals surface area contributed by atoms with Crippen molar-refractivity contribution >= 4 is 29.2 Å². The van der Waals surface area contributed by atoms with E-state index in [2.05, 4.69) is 20.6 Å². The molecule has 1 aromatic carbocycles. The van der Waals surface area contributed by atoms with Gasteiger partial charge in [-0.25, -0.2) is 4.68 Å². The van der Waals surface area contributed by atoms with Gasteiger partial charge in [-0.3, -0.25) is 14.8 Å². The van der Waals surface area contributed by atoms with Crippen molar-refractivity contribution in [2.24, 2.45) is 0 Å². The van der Waals surface area contributed by atoms with Gasteiger partial charge in [0.25, 0.3) is 5.91 Å². The molecule has 0 spiro atoms. The van der Waals surface area contributed by atoms with Crippen LogP contribution in [0.1, 0.15) is 44.9 Å². The molecule has 1 amide bonds. The van der Waals surface area contributed by atoms with E-state index >= 15 is 0 Å². The van der Waals surface area contributed by atoms with Crippen molar-refractivity contribution in [2.75, 3.05) is 22.9 Å². The first-order valence-corrected chi connectivity index (χ1v) is 13.1. The van der Waals surface area contributed by atoms with Crippen molar-refractivity contribution in [1.29, 1.82) is 0 Å². The fourth-order valence-electron chi connectivity index (χ4n) is 4.49. The number of aromatic nitrogens is 4. The standard InChI is InChI=1S/C27H25F3N6OS/c1-3-36-25-22(23(35-36)21-7-4-5-11-32-21)24(38-14-13-33-25)18-10-9-17(15-19(18)27(28,29)30)26(37)34-20-8-6-12-31-16(20)2/h4-12,15,24,33H,3,13-14H2,1-2H3,(H,34,37)/t24-/m1/s1. The highest BCUT2D eigenvalue weighted by Crippen LogP contribution is 2.49. The Morgan fingerprint density at radius 3 is 2.68 bits per heavy atom. The van der Waals surface area contributed by atoms with Crippen molar-refractivity contribution in [2.45, 2.75) is 31.8 Å². The number of nitrogens with zero attached hydrogens (tertiary/aromatic N) is 4. The summed E-state index contributed by atoms with van der Waals surface area (Å²) in [6.07, 6.45) is -1.46. The van der Waals surface area contributed by atoms with Crippen LogP contribution in [0.2, 0.25) is 0 Å². The molecule has 0 saturated carbocycles. The van der Waals surface area contributed by atoms with Crippen LogP contribution in [0, 0.1) is 6.92 Å². The van der Waals surface area contributed by atoms with E-state index in [1.807, 2.05) is 13.0 Å². The number of thioether (sulfide) groups is 1. The summed E-state index contributed by atoms with van der Waals surface area (Å²) in [7, 11) is 0. The van der Waals surface area contributed by atoms with Gasteiger partial charge in [-0.1, -0.05) is 12.1 Å². The molecule has 0 fully saturated rings. The van der Waals surface area contributed by atoms with Crippen LogP contribution in [0.15, 0.2) is 60.9 Å². The minimum Gasteiger partial charge on any atom is -0.369 e. The molecule has 0 unspecified atom stereocenters. The normalized spacial score (nSPS) is 15.3. The largest absolute Gasteiger partial charge is 0.416 e. The Hall–Kier alpha value is -3.86. The van der Waals surface area contributed by atoms with E-state index in [0.29, 0.717) is 53.0 Å². The molecule has 0 aliphatic carbocycles. The summed E-state index contributed by atoms with van der Waals surface area (Å²) in [6, 6.07) is 12.5. The van der Waals surface area contributed by atoms with Gasteiger partial charge in [-0.15, -0.1) is 11.8 Å². The fourth-order valence-corrected chi connectivity index (χ4v) is 5.72. The summed E-state index contributed by atoms with van der Waals surface area (Å²) in [4.78, 5) is 21.5. The SMILES string of the molecule is CCn1nc(-c2ccccn2)c2c1NCCS[C@@H]2c1ccc(C(=O)Nc2cccnc2C)cc1C(F)(F)F. The second-order valence-electron chi connectivity index (χ2n) is 8.71. The first kappa shape index (κ1) is 25.8. The number of nitrogens with one attached hydrogen (secondary N) is 2. The average molecular weight is 539 g/mol. The molecule has 0 radical (unpaired) electrons. The molecule has 1 atom stereocenters. The lowest BCUT2D eigenvalue weighted by Gasteiger charge is -2.22. The quantitative estimate of drug-likeness (QED) is 0.315. The Morgan fingerprint density at radius 2 is 1.97 bits per heavy atom. The summed E-state index contributed by atoms with van der Waals surface area (Å²) in [5, 5.41) is 10.1. The third-order valence-electron chi connectivity index (χ3n) is 6.30. The van der Waals surface area contributed by atoms with E-state index in [4.69, 9.17) is 5.10 Å². The molecule has 1 aliphatic rings. The van der Waals surface area contributed by atoms with Crippen molar-refractivity contribution in [3.05, 3.63) is 88.9 Å². The number of alkyl halides is 3. The number of rotatable bonds is 5. The molecular weight excluding hydrogens is 513 g/mol. The smallest absolute Gasteiger partial charge is 0.369 e. The molecule has 7 nitrogen and oxygen atoms in total. The number of carbonyl (C=O) groups excluding carboxylic acids is 1. The third-order valence-corrected chi connectivity index (χ3v) is 7.56. The lowest BCUT2D eigenvalue weighted by molar-refractivity contribution is -0.138. The number of aryl methyl sites for hydroxylation is 2. The van der Waals surface area contributed by atoms with Gasteiger partial charge < -0.3 is 10.6 Å². The molecular formula is C27H25F3N6OS. The summed E-state index contributed by atoms with van der Waals surface area (Å²) in [5.74, 6) is 0.636. The molecule has 11 heteroatoms. The number of hydrogen-bond donors (Lipinski definition) is 2. The van der Waals surface area contributed by atoms with Crippen molar-refractivity contribution in [3.63, 3.8) is 0 Å². The number of anilines is 2. The monoisotopic (exact) mass is 538 g/mol. The fraction of sp³-hybridized carbons (Fsp3) is 0.259. The molecule has 1 aliphatic heterocycles. The lowest BCUT2D eigenvalue weighted by atomic mass is 9.95. The van der Waals surface area contributed by atoms with Gasteiger partial charge in [0.15, 0.2) is 0 Å². The molecule has 0 saturated heterocycles. The molecule has 2 N–H and O–H groups in total. The maximum Gasteiger partial charge on any atom is 0.416 e. The van der Waals surface area contributed by atoms with Gasteiger partial charge in [-0.05, 0) is 55.8 Å². The van der Waals surface area contributed by atoms with Gasteiger partial charge in [0, 0.05) is 42.4 Å². The van der Waals surface area contributed by atoms with Gasteiger partial charge in [0.05, 0.1) is 27.9 Å². The second kappa shape index (κ2) is 10.5. The Balaban J connectivity index is 1.62. The highest BCUT2D eigenvalue weighted by atomic mass is 32.2. The van der Waals surface area contributed by atoms with Gasteiger partial charge in [0.2, 0.25) is 0 Å². The zero-order chi connectivity index (χ0) is 26.9. The van der Waals surface area contributed by atoms with E-state index in [-0.39, 0.29) is 11.1 Å². The van der Waals surface area contributed by atoms with Gasteiger partial charge >= 0.3 is 6.18 Å². The van der Waals surface area contributed by atoms with Crippen LogP contribution in [-0.4, -0.2) is 38.0 Å². The summed E-state index contributed by atoms with van der Waals surface area (Å²) in [6.45, 7) is 4.76. The minimum atomic E-state index is -4.68. The molecule has 5 rings (SSSR count). The number of fused-ring (bicyclic) bond motifs is 1. The van der Waals surface area contributed by atoms with Gasteiger partial charge in [-0.2, -0.15) is 18.3 Å². The van der Waals surface area contributed by atoms with Crippen LogP contribution >= 0.6 is 11.8 Å². The van der Waals surface area contributed by atoms with E-state index in [1.165, 1.54) is 23.9 Å². The summed E-state index contributed by atoms with van der Waals surface area (Å²) >= 11 is 1.41. The molecule has 3 aromatic heterocycles. The van der Waals surface area contributed by atoms with E-state index < -0.39 is 22.9 Å². The molecule has 4 heterocycles. The van der Waals surface area contributed by atoms with E-state index in [0.717, 1.165) is 6.07 Å². The zero-order valence-corrected chi connectivity index (χ0v) is 21.5. The number of hydrogen-bond acceptors (Lipinski definition) is 6. The highest BCUT2D eigenvalue weighted by molar-refractivity contribution is 7.99. The zero-order valence-electron chi connectivity index (χ0n) is 20.7. The highest BCUT2D eigenvalue weighted by Gasteiger charge is 2.39. The predicted octanol–water partition coefficient (Wildman–Crippen LogP) is 6.19. The van der Waals surface area contributed by atoms with Crippen LogP contribution in [0.3, 0.4) is 0 Å². The maximum absolute atomic E-state index is 14.5. The van der Waals surface area contributed by atoms with Crippen LogP contribution in [0.5, 0.6) is 0 Å². The van der Waals surface area contributed by atoms with Crippen molar-refractivity contribution in [1.82, 2.24) is 19.7 Å². The topological polar surface area (TPSA) is 84.7 Å². The number of carbonyl (C=O) groups is 1. The Morgan fingerprint density at radius 1 is 1.16 bits per heavy atom. The number of amides is 1. The molecule has 196 valence electrons. The molecule has 0 bridgehead atoms. The molecule has 4 aromatic rings. The van der Waals surface area contributed by atoms with Crippen molar-refractivity contribution in [3.8, 4) is 11.4 Å². The Kier molecular flexibility index (Phi) is 7.11. The minimum absolute atomic E-state index is 0.0781. The third kappa shape index (κ3) is 4.98. The maximum atomic E-state index is 14.5. The van der Waals surface area contributed by atoms with E-state index in [1.54, 1.807) is 48.3 Å². The predicted molar refractivity (Wildman–Crippen MR) is 142 cm³/mol. The summed E-state index contributed by atoms with van der Waals surface area (Å²) in [5.41, 5.74) is 1.93. The Labute approximate surface area is 221 Å². The van der Waals surface area contributed by atoms with Crippen LogP contribution < -0.4 is 10.6 Å². The second-order valence-corrected chi connectivity index (χ2v) is 9.92. The number of pyridine rings is 2. The average Bonchev–Trinajstić information content (AvgIpc) is 3.14. The lowest BCUT2D eigenvalue weighted by Crippen LogP contribution is -2.17.